The average molecular weight is 254 g/mol. The zero-order valence-electron chi connectivity index (χ0n) is 9.85. The lowest BCUT2D eigenvalue weighted by molar-refractivity contribution is 0.146. The second-order valence-corrected chi connectivity index (χ2v) is 3.75. The molecule has 0 aliphatic carbocycles. The van der Waals surface area contributed by atoms with Gasteiger partial charge in [-0.15, -0.1) is 0 Å². The van der Waals surface area contributed by atoms with E-state index in [0.717, 1.165) is 0 Å². The number of nitrogens with one attached hydrogen (secondary N) is 1. The van der Waals surface area contributed by atoms with Gasteiger partial charge in [0.25, 0.3) is 6.43 Å². The van der Waals surface area contributed by atoms with Crippen LogP contribution in [-0.4, -0.2) is 19.7 Å². The molecule has 2 rings (SSSR count). The number of nitrogens with zero attached hydrogens (tertiary/aromatic N) is 4. The Bertz CT molecular complexity index is 565. The first-order chi connectivity index (χ1) is 8.51. The Kier molecular flexibility index (Phi) is 3.19. The third-order valence-electron chi connectivity index (χ3n) is 2.39. The number of nitrogen functional groups attached to an aromatic ring is 1. The summed E-state index contributed by atoms with van der Waals surface area (Å²) < 4.78 is 27.0. The van der Waals surface area contributed by atoms with Crippen molar-refractivity contribution in [1.29, 1.82) is 0 Å². The molecule has 0 saturated carbocycles. The lowest BCUT2D eigenvalue weighted by Crippen LogP contribution is -2.12. The van der Waals surface area contributed by atoms with Crippen LogP contribution in [0, 0.1) is 6.92 Å². The van der Waals surface area contributed by atoms with E-state index < -0.39 is 6.43 Å². The highest BCUT2D eigenvalue weighted by molar-refractivity contribution is 5.62. The Balaban J connectivity index is 2.56. The molecular formula is C10H12F2N6. The largest absolute Gasteiger partial charge is 0.292 e. The monoisotopic (exact) mass is 254 g/mol. The van der Waals surface area contributed by atoms with E-state index in [1.165, 1.54) is 6.07 Å². The summed E-state index contributed by atoms with van der Waals surface area (Å²) in [6, 6.07) is 1.23. The topological polar surface area (TPSA) is 81.7 Å². The van der Waals surface area contributed by atoms with E-state index in [1.807, 2.05) is 0 Å². The number of hydrogen-bond donors (Lipinski definition) is 2. The fourth-order valence-corrected chi connectivity index (χ4v) is 1.63. The summed E-state index contributed by atoms with van der Waals surface area (Å²) in [6.45, 7) is 1.77. The molecule has 0 bridgehead atoms. The molecule has 0 unspecified atom stereocenters. The summed E-state index contributed by atoms with van der Waals surface area (Å²) in [4.78, 5) is 7.63. The van der Waals surface area contributed by atoms with Crippen molar-refractivity contribution < 1.29 is 8.78 Å². The molecule has 0 aromatic carbocycles. The first-order valence-electron chi connectivity index (χ1n) is 5.15. The SMILES string of the molecule is Cc1nn(C)cc1-c1cc(C(F)F)nc(NN)n1. The van der Waals surface area contributed by atoms with Gasteiger partial charge in [0, 0.05) is 18.8 Å². The molecule has 2 aromatic heterocycles. The highest BCUT2D eigenvalue weighted by atomic mass is 19.3. The van der Waals surface area contributed by atoms with Crippen molar-refractivity contribution in [2.45, 2.75) is 13.3 Å². The van der Waals surface area contributed by atoms with Gasteiger partial charge in [-0.3, -0.25) is 10.1 Å². The molecule has 0 fully saturated rings. The quantitative estimate of drug-likeness (QED) is 0.639. The minimum atomic E-state index is -2.68. The molecule has 0 aliphatic rings. The van der Waals surface area contributed by atoms with E-state index in [0.29, 0.717) is 17.0 Å². The molecule has 2 heterocycles. The third kappa shape index (κ3) is 2.28. The van der Waals surface area contributed by atoms with Crippen LogP contribution in [0.15, 0.2) is 12.3 Å². The standard InChI is InChI=1S/C10H12F2N6/c1-5-6(4-18(2)17-5)7-3-8(9(11)12)15-10(14-7)16-13/h3-4,9H,13H2,1-2H3,(H,14,15,16). The molecule has 96 valence electrons. The van der Waals surface area contributed by atoms with Crippen LogP contribution < -0.4 is 11.3 Å². The van der Waals surface area contributed by atoms with E-state index in [4.69, 9.17) is 5.84 Å². The van der Waals surface area contributed by atoms with E-state index >= 15 is 0 Å². The van der Waals surface area contributed by atoms with Gasteiger partial charge in [-0.05, 0) is 13.0 Å². The maximum Gasteiger partial charge on any atom is 0.280 e. The Morgan fingerprint density at radius 1 is 1.39 bits per heavy atom. The van der Waals surface area contributed by atoms with Gasteiger partial charge in [0.1, 0.15) is 5.69 Å². The normalized spacial score (nSPS) is 11.0. The summed E-state index contributed by atoms with van der Waals surface area (Å²) in [5.74, 6) is 5.12. The molecule has 0 aliphatic heterocycles. The minimum absolute atomic E-state index is 0.0500. The number of alkyl halides is 2. The van der Waals surface area contributed by atoms with Gasteiger partial charge in [0.2, 0.25) is 5.95 Å². The van der Waals surface area contributed by atoms with E-state index in [9.17, 15) is 8.78 Å². The van der Waals surface area contributed by atoms with Gasteiger partial charge < -0.3 is 0 Å². The fourth-order valence-electron chi connectivity index (χ4n) is 1.63. The summed E-state index contributed by atoms with van der Waals surface area (Å²) >= 11 is 0. The molecule has 8 heteroatoms. The Hall–Kier alpha value is -2.09. The summed E-state index contributed by atoms with van der Waals surface area (Å²) in [5, 5.41) is 4.13. The molecule has 0 amide bonds. The number of hydrazine groups is 1. The second-order valence-electron chi connectivity index (χ2n) is 3.75. The van der Waals surface area contributed by atoms with Gasteiger partial charge in [-0.25, -0.2) is 24.6 Å². The van der Waals surface area contributed by atoms with Crippen molar-refractivity contribution in [2.24, 2.45) is 12.9 Å². The highest BCUT2D eigenvalue weighted by Crippen LogP contribution is 2.25. The summed E-state index contributed by atoms with van der Waals surface area (Å²) in [5.41, 5.74) is 3.52. The van der Waals surface area contributed by atoms with Crippen molar-refractivity contribution >= 4 is 5.95 Å². The summed E-state index contributed by atoms with van der Waals surface area (Å²) in [7, 11) is 1.74. The van der Waals surface area contributed by atoms with Crippen LogP contribution in [0.25, 0.3) is 11.3 Å². The van der Waals surface area contributed by atoms with E-state index in [1.54, 1.807) is 24.9 Å². The van der Waals surface area contributed by atoms with Crippen molar-refractivity contribution in [3.8, 4) is 11.3 Å². The number of hydrogen-bond acceptors (Lipinski definition) is 5. The van der Waals surface area contributed by atoms with Crippen LogP contribution in [0.5, 0.6) is 0 Å². The fraction of sp³-hybridized carbons (Fsp3) is 0.300. The highest BCUT2D eigenvalue weighted by Gasteiger charge is 2.15. The molecule has 3 N–H and O–H groups in total. The zero-order chi connectivity index (χ0) is 13.3. The van der Waals surface area contributed by atoms with Gasteiger partial charge in [0.05, 0.1) is 11.4 Å². The van der Waals surface area contributed by atoms with Gasteiger partial charge >= 0.3 is 0 Å². The maximum atomic E-state index is 12.7. The van der Waals surface area contributed by atoms with Crippen LogP contribution in [0.4, 0.5) is 14.7 Å². The van der Waals surface area contributed by atoms with E-state index in [2.05, 4.69) is 20.5 Å². The molecule has 6 nitrogen and oxygen atoms in total. The number of aryl methyl sites for hydroxylation is 2. The predicted molar refractivity (Wildman–Crippen MR) is 61.7 cm³/mol. The zero-order valence-corrected chi connectivity index (χ0v) is 9.85. The predicted octanol–water partition coefficient (Wildman–Crippen LogP) is 1.41. The van der Waals surface area contributed by atoms with Crippen LogP contribution in [0.1, 0.15) is 17.8 Å². The van der Waals surface area contributed by atoms with Gasteiger partial charge in [0.15, 0.2) is 0 Å². The number of rotatable bonds is 3. The number of halogens is 2. The third-order valence-corrected chi connectivity index (χ3v) is 2.39. The smallest absolute Gasteiger partial charge is 0.280 e. The summed E-state index contributed by atoms with van der Waals surface area (Å²) in [6.07, 6.45) is -0.983. The molecule has 0 atom stereocenters. The Morgan fingerprint density at radius 3 is 2.61 bits per heavy atom. The van der Waals surface area contributed by atoms with Crippen LogP contribution in [0.3, 0.4) is 0 Å². The second kappa shape index (κ2) is 4.65. The molecule has 0 radical (unpaired) electrons. The van der Waals surface area contributed by atoms with E-state index in [-0.39, 0.29) is 11.6 Å². The molecule has 0 saturated heterocycles. The van der Waals surface area contributed by atoms with Crippen molar-refractivity contribution in [2.75, 3.05) is 5.43 Å². The maximum absolute atomic E-state index is 12.7. The average Bonchev–Trinajstić information content (AvgIpc) is 2.67. The van der Waals surface area contributed by atoms with Crippen LogP contribution in [0.2, 0.25) is 0 Å². The number of nitrogens with two attached hydrogens (primary N) is 1. The Labute approximate surface area is 102 Å². The number of anilines is 1. The number of aromatic nitrogens is 4. The molecular weight excluding hydrogens is 242 g/mol. The lowest BCUT2D eigenvalue weighted by atomic mass is 10.1. The van der Waals surface area contributed by atoms with Gasteiger partial charge in [-0.1, -0.05) is 0 Å². The minimum Gasteiger partial charge on any atom is -0.292 e. The van der Waals surface area contributed by atoms with Gasteiger partial charge in [-0.2, -0.15) is 5.10 Å². The molecule has 18 heavy (non-hydrogen) atoms. The first kappa shape index (κ1) is 12.4. The van der Waals surface area contributed by atoms with Crippen molar-refractivity contribution in [3.63, 3.8) is 0 Å². The lowest BCUT2D eigenvalue weighted by Gasteiger charge is -2.06. The van der Waals surface area contributed by atoms with Crippen molar-refractivity contribution in [1.82, 2.24) is 19.7 Å². The van der Waals surface area contributed by atoms with Crippen molar-refractivity contribution in [3.05, 3.63) is 23.7 Å². The Morgan fingerprint density at radius 2 is 2.11 bits per heavy atom. The first-order valence-corrected chi connectivity index (χ1v) is 5.15. The van der Waals surface area contributed by atoms with Crippen LogP contribution in [-0.2, 0) is 7.05 Å². The molecule has 2 aromatic rings. The van der Waals surface area contributed by atoms with Crippen LogP contribution >= 0.6 is 0 Å². The molecule has 0 spiro atoms.